The second-order valence-corrected chi connectivity index (χ2v) is 6.04. The number of hydrogen-bond acceptors (Lipinski definition) is 3. The Kier molecular flexibility index (Phi) is 3.62. The Morgan fingerprint density at radius 1 is 1.30 bits per heavy atom. The monoisotopic (exact) mass is 269 g/mol. The van der Waals surface area contributed by atoms with Gasteiger partial charge in [-0.15, -0.1) is 0 Å². The lowest BCUT2D eigenvalue weighted by atomic mass is 10.1. The van der Waals surface area contributed by atoms with Crippen molar-refractivity contribution in [1.82, 2.24) is 10.3 Å². The minimum absolute atomic E-state index is 0.845. The minimum atomic E-state index is 0.845. The van der Waals surface area contributed by atoms with Gasteiger partial charge in [-0.25, -0.2) is 4.98 Å². The van der Waals surface area contributed by atoms with E-state index in [1.807, 2.05) is 13.2 Å². The van der Waals surface area contributed by atoms with Crippen molar-refractivity contribution in [2.24, 2.45) is 11.8 Å². The molecule has 1 aromatic carbocycles. The third-order valence-corrected chi connectivity index (χ3v) is 4.37. The van der Waals surface area contributed by atoms with E-state index in [1.54, 1.807) is 0 Å². The van der Waals surface area contributed by atoms with E-state index in [0.29, 0.717) is 0 Å². The van der Waals surface area contributed by atoms with Crippen LogP contribution in [0.1, 0.15) is 18.9 Å². The van der Waals surface area contributed by atoms with E-state index >= 15 is 0 Å². The first kappa shape index (κ1) is 13.4. The molecule has 3 nitrogen and oxygen atoms in total. The molecule has 0 radical (unpaired) electrons. The zero-order valence-electron chi connectivity index (χ0n) is 12.6. The SMILES string of the molecule is CNCc1cnc(N(C)CC2CC2C)c2ccccc12. The van der Waals surface area contributed by atoms with E-state index in [4.69, 9.17) is 4.98 Å². The van der Waals surface area contributed by atoms with Crippen LogP contribution in [0.25, 0.3) is 10.8 Å². The largest absolute Gasteiger partial charge is 0.359 e. The summed E-state index contributed by atoms with van der Waals surface area (Å²) in [5.41, 5.74) is 1.26. The van der Waals surface area contributed by atoms with Crippen LogP contribution >= 0.6 is 0 Å². The first-order valence-electron chi connectivity index (χ1n) is 7.43. The molecule has 1 fully saturated rings. The Morgan fingerprint density at radius 2 is 2.00 bits per heavy atom. The van der Waals surface area contributed by atoms with Gasteiger partial charge in [0.1, 0.15) is 5.82 Å². The number of benzene rings is 1. The fourth-order valence-corrected chi connectivity index (χ4v) is 2.96. The molecule has 2 atom stereocenters. The van der Waals surface area contributed by atoms with Crippen LogP contribution in [0.3, 0.4) is 0 Å². The van der Waals surface area contributed by atoms with Gasteiger partial charge < -0.3 is 10.2 Å². The number of nitrogens with zero attached hydrogens (tertiary/aromatic N) is 2. The molecular formula is C17H23N3. The first-order valence-corrected chi connectivity index (χ1v) is 7.43. The minimum Gasteiger partial charge on any atom is -0.359 e. The van der Waals surface area contributed by atoms with Crippen molar-refractivity contribution in [1.29, 1.82) is 0 Å². The maximum Gasteiger partial charge on any atom is 0.136 e. The normalized spacial score (nSPS) is 21.1. The molecule has 1 aliphatic rings. The van der Waals surface area contributed by atoms with Crippen LogP contribution in [0.5, 0.6) is 0 Å². The van der Waals surface area contributed by atoms with Crippen molar-refractivity contribution in [3.8, 4) is 0 Å². The van der Waals surface area contributed by atoms with Gasteiger partial charge in [0.2, 0.25) is 0 Å². The number of rotatable bonds is 5. The third kappa shape index (κ3) is 2.50. The van der Waals surface area contributed by atoms with Crippen molar-refractivity contribution in [3.05, 3.63) is 36.0 Å². The molecule has 1 N–H and O–H groups in total. The maximum atomic E-state index is 4.72. The highest BCUT2D eigenvalue weighted by atomic mass is 15.2. The third-order valence-electron chi connectivity index (χ3n) is 4.37. The van der Waals surface area contributed by atoms with Crippen LogP contribution in [0, 0.1) is 11.8 Å². The molecule has 1 saturated carbocycles. The average molecular weight is 269 g/mol. The molecule has 2 unspecified atom stereocenters. The number of pyridine rings is 1. The Labute approximate surface area is 121 Å². The van der Waals surface area contributed by atoms with Gasteiger partial charge in [0.05, 0.1) is 0 Å². The quantitative estimate of drug-likeness (QED) is 0.904. The summed E-state index contributed by atoms with van der Waals surface area (Å²) in [5, 5.41) is 5.79. The molecule has 3 heteroatoms. The van der Waals surface area contributed by atoms with E-state index in [1.165, 1.54) is 22.8 Å². The van der Waals surface area contributed by atoms with Crippen molar-refractivity contribution in [3.63, 3.8) is 0 Å². The van der Waals surface area contributed by atoms with Crippen molar-refractivity contribution in [2.75, 3.05) is 25.5 Å². The van der Waals surface area contributed by atoms with Crippen LogP contribution in [0.2, 0.25) is 0 Å². The molecule has 3 rings (SSSR count). The molecular weight excluding hydrogens is 246 g/mol. The summed E-state index contributed by atoms with van der Waals surface area (Å²) in [7, 11) is 4.14. The van der Waals surface area contributed by atoms with E-state index in [9.17, 15) is 0 Å². The Morgan fingerprint density at radius 3 is 2.65 bits per heavy atom. The molecule has 20 heavy (non-hydrogen) atoms. The zero-order valence-corrected chi connectivity index (χ0v) is 12.6. The summed E-state index contributed by atoms with van der Waals surface area (Å²) in [6, 6.07) is 8.59. The molecule has 0 saturated heterocycles. The highest BCUT2D eigenvalue weighted by Crippen LogP contribution is 2.39. The Hall–Kier alpha value is -1.61. The van der Waals surface area contributed by atoms with E-state index in [-0.39, 0.29) is 0 Å². The second-order valence-electron chi connectivity index (χ2n) is 6.04. The topological polar surface area (TPSA) is 28.2 Å². The molecule has 1 aromatic heterocycles. The Balaban J connectivity index is 1.96. The molecule has 2 aromatic rings. The van der Waals surface area contributed by atoms with Gasteiger partial charge in [-0.3, -0.25) is 0 Å². The first-order chi connectivity index (χ1) is 9.70. The maximum absolute atomic E-state index is 4.72. The van der Waals surface area contributed by atoms with Gasteiger partial charge in [-0.05, 0) is 36.3 Å². The summed E-state index contributed by atoms with van der Waals surface area (Å²) in [4.78, 5) is 7.04. The lowest BCUT2D eigenvalue weighted by Gasteiger charge is -2.21. The van der Waals surface area contributed by atoms with Crippen LogP contribution in [-0.2, 0) is 6.54 Å². The molecule has 0 spiro atoms. The number of anilines is 1. The zero-order chi connectivity index (χ0) is 14.1. The average Bonchev–Trinajstić information content (AvgIpc) is 3.14. The second kappa shape index (κ2) is 5.41. The highest BCUT2D eigenvalue weighted by molar-refractivity contribution is 5.94. The smallest absolute Gasteiger partial charge is 0.136 e. The summed E-state index contributed by atoms with van der Waals surface area (Å²) in [5.74, 6) is 2.84. The van der Waals surface area contributed by atoms with E-state index in [2.05, 4.69) is 48.5 Å². The van der Waals surface area contributed by atoms with Gasteiger partial charge in [-0.2, -0.15) is 0 Å². The highest BCUT2D eigenvalue weighted by Gasteiger charge is 2.33. The lowest BCUT2D eigenvalue weighted by molar-refractivity contribution is 0.720. The van der Waals surface area contributed by atoms with Gasteiger partial charge in [0, 0.05) is 31.7 Å². The lowest BCUT2D eigenvalue weighted by Crippen LogP contribution is -2.22. The van der Waals surface area contributed by atoms with Crippen molar-refractivity contribution >= 4 is 16.6 Å². The molecule has 0 aliphatic heterocycles. The van der Waals surface area contributed by atoms with Gasteiger partial charge in [0.25, 0.3) is 0 Å². The summed E-state index contributed by atoms with van der Waals surface area (Å²) in [6.07, 6.45) is 3.38. The predicted molar refractivity (Wildman–Crippen MR) is 85.0 cm³/mol. The van der Waals surface area contributed by atoms with Gasteiger partial charge in [0.15, 0.2) is 0 Å². The van der Waals surface area contributed by atoms with E-state index in [0.717, 1.165) is 30.7 Å². The predicted octanol–water partition coefficient (Wildman–Crippen LogP) is 3.05. The van der Waals surface area contributed by atoms with Crippen molar-refractivity contribution in [2.45, 2.75) is 19.9 Å². The summed E-state index contributed by atoms with van der Waals surface area (Å²) in [6.45, 7) is 4.31. The molecule has 1 heterocycles. The molecule has 1 aliphatic carbocycles. The summed E-state index contributed by atoms with van der Waals surface area (Å²) >= 11 is 0. The number of fused-ring (bicyclic) bond motifs is 1. The molecule has 106 valence electrons. The van der Waals surface area contributed by atoms with Gasteiger partial charge >= 0.3 is 0 Å². The number of nitrogens with one attached hydrogen (secondary N) is 1. The van der Waals surface area contributed by atoms with Crippen molar-refractivity contribution < 1.29 is 0 Å². The van der Waals surface area contributed by atoms with E-state index < -0.39 is 0 Å². The van der Waals surface area contributed by atoms with Crippen LogP contribution in [0.15, 0.2) is 30.5 Å². The standard InChI is InChI=1S/C17H23N3/c1-12-8-13(12)11-20(3)17-16-7-5-4-6-15(16)14(9-18-2)10-19-17/h4-7,10,12-13,18H,8-9,11H2,1-3H3. The fraction of sp³-hybridized carbons (Fsp3) is 0.471. The fourth-order valence-electron chi connectivity index (χ4n) is 2.96. The van der Waals surface area contributed by atoms with Crippen LogP contribution in [0.4, 0.5) is 5.82 Å². The van der Waals surface area contributed by atoms with Gasteiger partial charge in [-0.1, -0.05) is 31.2 Å². The van der Waals surface area contributed by atoms with Crippen LogP contribution < -0.4 is 10.2 Å². The Bertz CT molecular complexity index is 608. The number of hydrogen-bond donors (Lipinski definition) is 1. The number of aromatic nitrogens is 1. The summed E-state index contributed by atoms with van der Waals surface area (Å²) < 4.78 is 0. The van der Waals surface area contributed by atoms with Crippen LogP contribution in [-0.4, -0.2) is 25.6 Å². The molecule has 0 amide bonds. The molecule has 0 bridgehead atoms.